The summed E-state index contributed by atoms with van der Waals surface area (Å²) >= 11 is 0. The molecule has 3 rings (SSSR count). The van der Waals surface area contributed by atoms with E-state index in [1.165, 1.54) is 6.07 Å². The molecule has 1 aliphatic carbocycles. The minimum Gasteiger partial charge on any atom is -0.376 e. The number of hydrogen-bond acceptors (Lipinski definition) is 2. The maximum absolute atomic E-state index is 14.1. The molecule has 0 N–H and O–H groups in total. The lowest BCUT2D eigenvalue weighted by atomic mass is 9.89. The Kier molecular flexibility index (Phi) is 4.10. The number of pyridine rings is 1. The van der Waals surface area contributed by atoms with Crippen LogP contribution >= 0.6 is 0 Å². The Morgan fingerprint density at radius 3 is 2.82 bits per heavy atom. The maximum Gasteiger partial charge on any atom is 0.162 e. The van der Waals surface area contributed by atoms with Gasteiger partial charge in [-0.05, 0) is 54.9 Å². The molecule has 2 aromatic rings. The van der Waals surface area contributed by atoms with Crippen LogP contribution in [0.4, 0.5) is 14.5 Å². The van der Waals surface area contributed by atoms with Crippen LogP contribution in [0, 0.1) is 11.6 Å². The fraction of sp³-hybridized carbons (Fsp3) is 0.389. The van der Waals surface area contributed by atoms with Crippen LogP contribution in [0.2, 0.25) is 0 Å². The van der Waals surface area contributed by atoms with Gasteiger partial charge in [0.2, 0.25) is 0 Å². The van der Waals surface area contributed by atoms with Crippen molar-refractivity contribution in [3.05, 3.63) is 58.9 Å². The van der Waals surface area contributed by atoms with Crippen LogP contribution in [0.3, 0.4) is 0 Å². The number of hydrogen-bond donors (Lipinski definition) is 0. The Morgan fingerprint density at radius 2 is 2.05 bits per heavy atom. The van der Waals surface area contributed by atoms with Gasteiger partial charge in [0.15, 0.2) is 11.6 Å². The van der Waals surface area contributed by atoms with Crippen LogP contribution in [0.1, 0.15) is 35.6 Å². The lowest BCUT2D eigenvalue weighted by Gasteiger charge is -2.18. The number of aryl methyl sites for hydroxylation is 1. The highest BCUT2D eigenvalue weighted by atomic mass is 19.2. The third-order valence-electron chi connectivity index (χ3n) is 4.42. The predicted molar refractivity (Wildman–Crippen MR) is 84.3 cm³/mol. The van der Waals surface area contributed by atoms with Gasteiger partial charge < -0.3 is 4.90 Å². The highest BCUT2D eigenvalue weighted by molar-refractivity contribution is 5.47. The number of rotatable bonds is 2. The van der Waals surface area contributed by atoms with Crippen LogP contribution in [0.25, 0.3) is 0 Å². The van der Waals surface area contributed by atoms with Crippen LogP contribution < -0.4 is 4.90 Å². The van der Waals surface area contributed by atoms with Crippen molar-refractivity contribution in [3.8, 4) is 0 Å². The fourth-order valence-corrected chi connectivity index (χ4v) is 3.16. The van der Waals surface area contributed by atoms with E-state index < -0.39 is 11.6 Å². The molecule has 0 spiro atoms. The van der Waals surface area contributed by atoms with Gasteiger partial charge in [0, 0.05) is 19.8 Å². The summed E-state index contributed by atoms with van der Waals surface area (Å²) in [6, 6.07) is 6.60. The van der Waals surface area contributed by atoms with E-state index in [9.17, 15) is 8.78 Å². The van der Waals surface area contributed by atoms with Crippen molar-refractivity contribution in [1.29, 1.82) is 0 Å². The molecule has 4 heteroatoms. The van der Waals surface area contributed by atoms with Crippen molar-refractivity contribution in [2.75, 3.05) is 19.0 Å². The third kappa shape index (κ3) is 2.82. The summed E-state index contributed by atoms with van der Waals surface area (Å²) in [6.07, 6.45) is 5.29. The largest absolute Gasteiger partial charge is 0.376 e. The quantitative estimate of drug-likeness (QED) is 0.777. The number of anilines is 1. The fourth-order valence-electron chi connectivity index (χ4n) is 3.16. The zero-order valence-corrected chi connectivity index (χ0v) is 12.9. The van der Waals surface area contributed by atoms with E-state index in [-0.39, 0.29) is 5.92 Å². The summed E-state index contributed by atoms with van der Waals surface area (Å²) in [4.78, 5) is 6.57. The van der Waals surface area contributed by atoms with Crippen molar-refractivity contribution in [2.45, 2.75) is 31.6 Å². The molecule has 0 saturated carbocycles. The van der Waals surface area contributed by atoms with E-state index in [0.29, 0.717) is 12.0 Å². The second-order valence-electron chi connectivity index (χ2n) is 6.13. The van der Waals surface area contributed by atoms with Gasteiger partial charge >= 0.3 is 0 Å². The molecule has 116 valence electrons. The van der Waals surface area contributed by atoms with Crippen LogP contribution in [0.5, 0.6) is 0 Å². The first kappa shape index (κ1) is 14.9. The Bertz CT molecular complexity index is 683. The van der Waals surface area contributed by atoms with Gasteiger partial charge in [-0.1, -0.05) is 12.1 Å². The molecular formula is C18H20F2N2. The van der Waals surface area contributed by atoms with Crippen LogP contribution in [-0.2, 0) is 12.8 Å². The van der Waals surface area contributed by atoms with Crippen molar-refractivity contribution in [2.24, 2.45) is 0 Å². The Morgan fingerprint density at radius 1 is 1.23 bits per heavy atom. The van der Waals surface area contributed by atoms with Crippen molar-refractivity contribution >= 4 is 5.69 Å². The molecule has 0 bridgehead atoms. The highest BCUT2D eigenvalue weighted by Crippen LogP contribution is 2.34. The zero-order chi connectivity index (χ0) is 15.7. The molecular weight excluding hydrogens is 282 g/mol. The lowest BCUT2D eigenvalue weighted by Crippen LogP contribution is -2.11. The van der Waals surface area contributed by atoms with Crippen molar-refractivity contribution in [3.63, 3.8) is 0 Å². The monoisotopic (exact) mass is 302 g/mol. The van der Waals surface area contributed by atoms with Gasteiger partial charge in [0.05, 0.1) is 11.9 Å². The molecule has 0 aliphatic heterocycles. The predicted octanol–water partition coefficient (Wildman–Crippen LogP) is 4.09. The van der Waals surface area contributed by atoms with Gasteiger partial charge in [-0.3, -0.25) is 4.98 Å². The summed E-state index contributed by atoms with van der Waals surface area (Å²) < 4.78 is 27.6. The first-order chi connectivity index (χ1) is 10.6. The molecule has 0 saturated heterocycles. The number of halogens is 2. The molecule has 1 aliphatic rings. The molecule has 1 atom stereocenters. The van der Waals surface area contributed by atoms with E-state index >= 15 is 0 Å². The summed E-state index contributed by atoms with van der Waals surface area (Å²) in [5, 5.41) is 0. The summed E-state index contributed by atoms with van der Waals surface area (Å²) in [5.74, 6) is -1.45. The second kappa shape index (κ2) is 6.03. The molecule has 1 aromatic carbocycles. The van der Waals surface area contributed by atoms with Crippen molar-refractivity contribution < 1.29 is 8.78 Å². The van der Waals surface area contributed by atoms with Crippen molar-refractivity contribution in [1.82, 2.24) is 4.98 Å². The molecule has 22 heavy (non-hydrogen) atoms. The molecule has 1 heterocycles. The first-order valence-electron chi connectivity index (χ1n) is 7.65. The van der Waals surface area contributed by atoms with Crippen LogP contribution in [-0.4, -0.2) is 19.1 Å². The van der Waals surface area contributed by atoms with Gasteiger partial charge in [-0.2, -0.15) is 0 Å². The molecule has 0 amide bonds. The molecule has 0 fully saturated rings. The molecule has 1 aromatic heterocycles. The summed E-state index contributed by atoms with van der Waals surface area (Å²) in [7, 11) is 3.95. The van der Waals surface area contributed by atoms with Gasteiger partial charge in [0.25, 0.3) is 0 Å². The van der Waals surface area contributed by atoms with E-state index in [1.807, 2.05) is 25.2 Å². The number of fused-ring (bicyclic) bond motifs is 1. The minimum atomic E-state index is -0.762. The first-order valence-corrected chi connectivity index (χ1v) is 7.65. The number of benzene rings is 1. The molecule has 0 radical (unpaired) electrons. The smallest absolute Gasteiger partial charge is 0.162 e. The number of nitrogens with zero attached hydrogens (tertiary/aromatic N) is 2. The average Bonchev–Trinajstić information content (AvgIpc) is 2.71. The van der Waals surface area contributed by atoms with E-state index in [1.54, 1.807) is 12.1 Å². The molecule has 0 unspecified atom stereocenters. The van der Waals surface area contributed by atoms with Gasteiger partial charge in [-0.25, -0.2) is 8.78 Å². The topological polar surface area (TPSA) is 16.1 Å². The Labute approximate surface area is 129 Å². The average molecular weight is 302 g/mol. The third-order valence-corrected chi connectivity index (χ3v) is 4.42. The summed E-state index contributed by atoms with van der Waals surface area (Å²) in [5.41, 5.74) is 3.77. The Balaban J connectivity index is 1.96. The number of aromatic nitrogens is 1. The highest BCUT2D eigenvalue weighted by Gasteiger charge is 2.23. The van der Waals surface area contributed by atoms with Gasteiger partial charge in [-0.15, -0.1) is 0 Å². The SMILES string of the molecule is CN(C)c1cnc2c(c1)C[C@H](c1cccc(F)c1F)CCC2. The van der Waals surface area contributed by atoms with Crippen LogP contribution in [0.15, 0.2) is 30.5 Å². The minimum absolute atomic E-state index is 0.0103. The maximum atomic E-state index is 14.1. The second-order valence-corrected chi connectivity index (χ2v) is 6.13. The summed E-state index contributed by atoms with van der Waals surface area (Å²) in [6.45, 7) is 0. The van der Waals surface area contributed by atoms with Gasteiger partial charge in [0.1, 0.15) is 0 Å². The molecule has 2 nitrogen and oxygen atoms in total. The zero-order valence-electron chi connectivity index (χ0n) is 12.9. The normalized spacial score (nSPS) is 17.7. The van der Waals surface area contributed by atoms with E-state index in [0.717, 1.165) is 36.2 Å². The van der Waals surface area contributed by atoms with E-state index in [4.69, 9.17) is 0 Å². The Hall–Kier alpha value is -1.97. The van der Waals surface area contributed by atoms with E-state index in [2.05, 4.69) is 11.1 Å². The standard InChI is InChI=1S/C18H20F2N2/c1-22(2)14-10-13-9-12(5-3-8-17(13)21-11-14)15-6-4-7-16(19)18(15)20/h4,6-7,10-12H,3,5,8-9H2,1-2H3/t12-/m1/s1. The lowest BCUT2D eigenvalue weighted by molar-refractivity contribution is 0.479.